The molecule has 3 aromatic heterocycles. The number of aromatic nitrogens is 3. The number of nitrogens with two attached hydrogens (primary N) is 1. The molecule has 0 aliphatic carbocycles. The quantitative estimate of drug-likeness (QED) is 0.383. The summed E-state index contributed by atoms with van der Waals surface area (Å²) in [5.74, 6) is 1.35. The van der Waals surface area contributed by atoms with Gasteiger partial charge in [0.25, 0.3) is 0 Å². The summed E-state index contributed by atoms with van der Waals surface area (Å²) in [6.07, 6.45) is 6.43. The Kier molecular flexibility index (Phi) is 5.82. The van der Waals surface area contributed by atoms with E-state index in [1.54, 1.807) is 35.8 Å². The van der Waals surface area contributed by atoms with E-state index in [0.717, 1.165) is 40.4 Å². The van der Waals surface area contributed by atoms with Crippen LogP contribution in [0, 0.1) is 0 Å². The lowest BCUT2D eigenvalue weighted by atomic mass is 10.1. The first-order chi connectivity index (χ1) is 12.0. The van der Waals surface area contributed by atoms with Crippen molar-refractivity contribution >= 4 is 40.3 Å². The number of hydrogen-bond acceptors (Lipinski definition) is 8. The van der Waals surface area contributed by atoms with E-state index in [9.17, 15) is 0 Å². The predicted molar refractivity (Wildman–Crippen MR) is 104 cm³/mol. The van der Waals surface area contributed by atoms with Gasteiger partial charge < -0.3 is 15.1 Å². The van der Waals surface area contributed by atoms with Gasteiger partial charge in [0.2, 0.25) is 0 Å². The molecule has 0 aromatic carbocycles. The minimum Gasteiger partial charge on any atom is -0.462 e. The molecule has 0 fully saturated rings. The van der Waals surface area contributed by atoms with Crippen LogP contribution < -0.4 is 5.73 Å². The van der Waals surface area contributed by atoms with E-state index in [0.29, 0.717) is 11.0 Å². The number of furan rings is 1. The Bertz CT molecular complexity index is 865. The molecule has 0 saturated heterocycles. The van der Waals surface area contributed by atoms with Gasteiger partial charge in [-0.3, -0.25) is 4.98 Å². The van der Waals surface area contributed by atoms with Gasteiger partial charge in [-0.1, -0.05) is 11.8 Å². The van der Waals surface area contributed by atoms with Crippen LogP contribution in [-0.2, 0) is 13.0 Å². The monoisotopic (exact) mass is 375 g/mol. The zero-order valence-corrected chi connectivity index (χ0v) is 16.2. The maximum absolute atomic E-state index is 5.82. The number of thioether (sulfide) groups is 2. The standard InChI is InChI=1S/C17H21N5OS2/c1-22(2)9-11-10-23-14-8-19-12(6-13(11)14)4-5-25-17-20-15(18)7-16(21-17)24-3/h6-8,10H,4-5,9H2,1-3H3,(H2,18,20,21). The van der Waals surface area contributed by atoms with Gasteiger partial charge in [-0.2, -0.15) is 0 Å². The highest BCUT2D eigenvalue weighted by Gasteiger charge is 2.09. The van der Waals surface area contributed by atoms with Crippen LogP contribution >= 0.6 is 23.5 Å². The van der Waals surface area contributed by atoms with Crippen molar-refractivity contribution < 1.29 is 4.42 Å². The van der Waals surface area contributed by atoms with E-state index >= 15 is 0 Å². The zero-order chi connectivity index (χ0) is 17.8. The Morgan fingerprint density at radius 3 is 2.84 bits per heavy atom. The number of anilines is 1. The van der Waals surface area contributed by atoms with Gasteiger partial charge in [-0.25, -0.2) is 9.97 Å². The van der Waals surface area contributed by atoms with Crippen molar-refractivity contribution in [2.24, 2.45) is 0 Å². The molecule has 8 heteroatoms. The van der Waals surface area contributed by atoms with E-state index in [-0.39, 0.29) is 0 Å². The van der Waals surface area contributed by atoms with Gasteiger partial charge in [0, 0.05) is 35.0 Å². The lowest BCUT2D eigenvalue weighted by molar-refractivity contribution is 0.401. The Labute approximate surface area is 155 Å². The fourth-order valence-electron chi connectivity index (χ4n) is 2.47. The summed E-state index contributed by atoms with van der Waals surface area (Å²) in [7, 11) is 4.10. The molecule has 0 aliphatic heterocycles. The molecular formula is C17H21N5OS2. The molecule has 132 valence electrons. The molecule has 0 spiro atoms. The fraction of sp³-hybridized carbons (Fsp3) is 0.353. The first-order valence-electron chi connectivity index (χ1n) is 7.86. The SMILES string of the molecule is CSc1cc(N)nc(SCCc2cc3c(CN(C)C)coc3cn2)n1. The molecule has 25 heavy (non-hydrogen) atoms. The average Bonchev–Trinajstić information content (AvgIpc) is 2.96. The topological polar surface area (TPSA) is 81.1 Å². The summed E-state index contributed by atoms with van der Waals surface area (Å²) in [5, 5.41) is 2.73. The number of fused-ring (bicyclic) bond motifs is 1. The normalized spacial score (nSPS) is 11.5. The summed E-state index contributed by atoms with van der Waals surface area (Å²) in [6, 6.07) is 3.90. The van der Waals surface area contributed by atoms with Gasteiger partial charge in [-0.05, 0) is 32.8 Å². The van der Waals surface area contributed by atoms with Crippen LogP contribution in [0.25, 0.3) is 11.0 Å². The van der Waals surface area contributed by atoms with Crippen molar-refractivity contribution in [2.45, 2.75) is 23.1 Å². The second-order valence-corrected chi connectivity index (χ2v) is 7.78. The highest BCUT2D eigenvalue weighted by molar-refractivity contribution is 7.99. The summed E-state index contributed by atoms with van der Waals surface area (Å²) in [5.41, 5.74) is 8.87. The van der Waals surface area contributed by atoms with Crippen LogP contribution in [0.3, 0.4) is 0 Å². The van der Waals surface area contributed by atoms with Gasteiger partial charge >= 0.3 is 0 Å². The molecule has 0 amide bonds. The van der Waals surface area contributed by atoms with Crippen LogP contribution in [0.5, 0.6) is 0 Å². The number of hydrogen-bond donors (Lipinski definition) is 1. The van der Waals surface area contributed by atoms with Gasteiger partial charge in [0.15, 0.2) is 10.7 Å². The molecule has 0 aliphatic rings. The molecule has 3 aromatic rings. The number of rotatable bonds is 7. The average molecular weight is 376 g/mol. The van der Waals surface area contributed by atoms with E-state index in [1.807, 2.05) is 26.6 Å². The number of aryl methyl sites for hydroxylation is 1. The van der Waals surface area contributed by atoms with E-state index in [4.69, 9.17) is 10.2 Å². The molecule has 0 saturated carbocycles. The highest BCUT2D eigenvalue weighted by atomic mass is 32.2. The number of pyridine rings is 1. The first-order valence-corrected chi connectivity index (χ1v) is 10.1. The van der Waals surface area contributed by atoms with Crippen molar-refractivity contribution in [3.05, 3.63) is 35.9 Å². The Morgan fingerprint density at radius 2 is 2.08 bits per heavy atom. The van der Waals surface area contributed by atoms with Crippen LogP contribution in [0.15, 0.2) is 39.2 Å². The molecule has 0 unspecified atom stereocenters. The van der Waals surface area contributed by atoms with Gasteiger partial charge in [0.05, 0.1) is 12.5 Å². The maximum Gasteiger partial charge on any atom is 0.190 e. The second-order valence-electron chi connectivity index (χ2n) is 5.89. The molecule has 3 rings (SSSR count). The predicted octanol–water partition coefficient (Wildman–Crippen LogP) is 3.32. The third kappa shape index (κ3) is 4.65. The molecule has 0 atom stereocenters. The third-order valence-corrected chi connectivity index (χ3v) is 5.06. The second kappa shape index (κ2) is 8.07. The van der Waals surface area contributed by atoms with E-state index in [1.165, 1.54) is 5.56 Å². The van der Waals surface area contributed by atoms with Crippen molar-refractivity contribution in [3.63, 3.8) is 0 Å². The largest absolute Gasteiger partial charge is 0.462 e. The molecule has 2 N–H and O–H groups in total. The smallest absolute Gasteiger partial charge is 0.190 e. The van der Waals surface area contributed by atoms with Gasteiger partial charge in [0.1, 0.15) is 10.8 Å². The third-order valence-electron chi connectivity index (χ3n) is 3.59. The van der Waals surface area contributed by atoms with Crippen molar-refractivity contribution in [3.8, 4) is 0 Å². The lowest BCUT2D eigenvalue weighted by Gasteiger charge is -2.07. The zero-order valence-electron chi connectivity index (χ0n) is 14.5. The Morgan fingerprint density at radius 1 is 1.24 bits per heavy atom. The summed E-state index contributed by atoms with van der Waals surface area (Å²) in [4.78, 5) is 15.4. The summed E-state index contributed by atoms with van der Waals surface area (Å²) in [6.45, 7) is 0.847. The van der Waals surface area contributed by atoms with Gasteiger partial charge in [-0.15, -0.1) is 11.8 Å². The fourth-order valence-corrected chi connectivity index (χ4v) is 3.77. The summed E-state index contributed by atoms with van der Waals surface area (Å²) >= 11 is 3.16. The molecule has 3 heterocycles. The van der Waals surface area contributed by atoms with E-state index in [2.05, 4.69) is 25.9 Å². The van der Waals surface area contributed by atoms with Crippen LogP contribution in [0.1, 0.15) is 11.3 Å². The van der Waals surface area contributed by atoms with E-state index < -0.39 is 0 Å². The molecule has 6 nitrogen and oxygen atoms in total. The highest BCUT2D eigenvalue weighted by Crippen LogP contribution is 2.24. The minimum atomic E-state index is 0.508. The van der Waals surface area contributed by atoms with Crippen molar-refractivity contribution in [1.82, 2.24) is 19.9 Å². The number of nitrogen functional groups attached to an aromatic ring is 1. The summed E-state index contributed by atoms with van der Waals surface area (Å²) < 4.78 is 5.59. The first kappa shape index (κ1) is 18.0. The Hall–Kier alpha value is -1.77. The van der Waals surface area contributed by atoms with Crippen LogP contribution in [0.2, 0.25) is 0 Å². The lowest BCUT2D eigenvalue weighted by Crippen LogP contribution is -2.10. The Balaban J connectivity index is 1.68. The van der Waals surface area contributed by atoms with Crippen molar-refractivity contribution in [1.29, 1.82) is 0 Å². The maximum atomic E-state index is 5.82. The van der Waals surface area contributed by atoms with Crippen LogP contribution in [0.4, 0.5) is 5.82 Å². The molecular weight excluding hydrogens is 354 g/mol. The van der Waals surface area contributed by atoms with Crippen molar-refractivity contribution in [2.75, 3.05) is 31.8 Å². The van der Waals surface area contributed by atoms with Crippen LogP contribution in [-0.4, -0.2) is 46.0 Å². The number of nitrogens with zero attached hydrogens (tertiary/aromatic N) is 4. The molecule has 0 radical (unpaired) electrons. The molecule has 0 bridgehead atoms. The minimum absolute atomic E-state index is 0.508.